The zero-order chi connectivity index (χ0) is 11.3. The molecule has 0 bridgehead atoms. The van der Waals surface area contributed by atoms with Crippen molar-refractivity contribution in [3.8, 4) is 0 Å². The number of aryl methyl sites for hydroxylation is 1. The zero-order valence-corrected chi connectivity index (χ0v) is 9.33. The number of thiocarbonyl (C=S) groups is 1. The first-order valence-corrected chi connectivity index (χ1v) is 4.96. The van der Waals surface area contributed by atoms with Crippen molar-refractivity contribution in [1.29, 1.82) is 0 Å². The predicted octanol–water partition coefficient (Wildman–Crippen LogP) is 2.61. The van der Waals surface area contributed by atoms with E-state index in [9.17, 15) is 4.39 Å². The molecule has 0 saturated heterocycles. The number of rotatable bonds is 3. The lowest BCUT2D eigenvalue weighted by molar-refractivity contribution is 0.619. The summed E-state index contributed by atoms with van der Waals surface area (Å²) in [5.41, 5.74) is 1.25. The van der Waals surface area contributed by atoms with Gasteiger partial charge in [0.1, 0.15) is 5.82 Å². The van der Waals surface area contributed by atoms with Crippen LogP contribution in [0.2, 0.25) is 0 Å². The van der Waals surface area contributed by atoms with E-state index in [-0.39, 0.29) is 5.82 Å². The number of benzene rings is 1. The molecule has 1 aromatic carbocycles. The molecule has 1 rings (SSSR count). The van der Waals surface area contributed by atoms with Crippen molar-refractivity contribution in [2.75, 3.05) is 11.9 Å². The van der Waals surface area contributed by atoms with Crippen molar-refractivity contribution < 1.29 is 4.39 Å². The van der Waals surface area contributed by atoms with E-state index >= 15 is 0 Å². The van der Waals surface area contributed by atoms with Gasteiger partial charge in [-0.15, -0.1) is 6.58 Å². The average molecular weight is 224 g/mol. The maximum absolute atomic E-state index is 13.2. The largest absolute Gasteiger partial charge is 0.359 e. The van der Waals surface area contributed by atoms with E-state index in [1.165, 1.54) is 6.07 Å². The Hall–Kier alpha value is -1.42. The van der Waals surface area contributed by atoms with Crippen LogP contribution in [0.25, 0.3) is 0 Å². The van der Waals surface area contributed by atoms with Crippen LogP contribution >= 0.6 is 12.2 Å². The van der Waals surface area contributed by atoms with E-state index in [4.69, 9.17) is 12.2 Å². The van der Waals surface area contributed by atoms with Crippen LogP contribution in [0.5, 0.6) is 0 Å². The van der Waals surface area contributed by atoms with Crippen LogP contribution in [0.3, 0.4) is 0 Å². The highest BCUT2D eigenvalue weighted by Gasteiger charge is 2.00. The first-order valence-electron chi connectivity index (χ1n) is 4.55. The van der Waals surface area contributed by atoms with Crippen LogP contribution in [-0.4, -0.2) is 11.7 Å². The summed E-state index contributed by atoms with van der Waals surface area (Å²) in [6, 6.07) is 4.89. The van der Waals surface area contributed by atoms with Crippen molar-refractivity contribution in [3.05, 3.63) is 42.2 Å². The monoisotopic (exact) mass is 224 g/mol. The Morgan fingerprint density at radius 1 is 1.60 bits per heavy atom. The molecule has 0 atom stereocenters. The van der Waals surface area contributed by atoms with E-state index in [0.29, 0.717) is 22.9 Å². The van der Waals surface area contributed by atoms with Gasteiger partial charge in [0.15, 0.2) is 5.11 Å². The van der Waals surface area contributed by atoms with E-state index in [2.05, 4.69) is 17.2 Å². The normalized spacial score (nSPS) is 9.47. The molecule has 0 aliphatic heterocycles. The fraction of sp³-hybridized carbons (Fsp3) is 0.182. The average Bonchev–Trinajstić information content (AvgIpc) is 2.20. The van der Waals surface area contributed by atoms with Gasteiger partial charge in [-0.05, 0) is 36.8 Å². The van der Waals surface area contributed by atoms with Crippen LogP contribution in [0.4, 0.5) is 10.1 Å². The van der Waals surface area contributed by atoms with Gasteiger partial charge in [-0.1, -0.05) is 12.1 Å². The van der Waals surface area contributed by atoms with Crippen molar-refractivity contribution in [1.82, 2.24) is 5.32 Å². The Morgan fingerprint density at radius 3 is 2.93 bits per heavy atom. The van der Waals surface area contributed by atoms with Gasteiger partial charge in [0.2, 0.25) is 0 Å². The quantitative estimate of drug-likeness (QED) is 0.609. The second-order valence-corrected chi connectivity index (χ2v) is 3.50. The molecule has 4 heteroatoms. The third-order valence-corrected chi connectivity index (χ3v) is 2.08. The van der Waals surface area contributed by atoms with Crippen LogP contribution in [-0.2, 0) is 0 Å². The summed E-state index contributed by atoms with van der Waals surface area (Å²) in [7, 11) is 0. The molecule has 0 radical (unpaired) electrons. The summed E-state index contributed by atoms with van der Waals surface area (Å²) in [6.07, 6.45) is 1.70. The van der Waals surface area contributed by atoms with Crippen molar-refractivity contribution in [3.63, 3.8) is 0 Å². The van der Waals surface area contributed by atoms with Gasteiger partial charge in [0.05, 0.1) is 0 Å². The van der Waals surface area contributed by atoms with Gasteiger partial charge >= 0.3 is 0 Å². The first kappa shape index (κ1) is 11.7. The highest BCUT2D eigenvalue weighted by atomic mass is 32.1. The summed E-state index contributed by atoms with van der Waals surface area (Å²) in [5.74, 6) is -0.244. The SMILES string of the molecule is C=CCNC(=S)Nc1ccc(C)c(F)c1. The Kier molecular flexibility index (Phi) is 4.24. The molecule has 2 nitrogen and oxygen atoms in total. The maximum Gasteiger partial charge on any atom is 0.171 e. The minimum atomic E-state index is -0.244. The molecule has 1 aromatic rings. The number of hydrogen-bond acceptors (Lipinski definition) is 1. The van der Waals surface area contributed by atoms with Crippen molar-refractivity contribution in [2.24, 2.45) is 0 Å². The Balaban J connectivity index is 2.60. The summed E-state index contributed by atoms with van der Waals surface area (Å²) in [6.45, 7) is 5.85. The van der Waals surface area contributed by atoms with E-state index in [1.807, 2.05) is 0 Å². The number of halogens is 1. The molecular formula is C11H13FN2S. The summed E-state index contributed by atoms with van der Waals surface area (Å²) in [5, 5.41) is 6.23. The van der Waals surface area contributed by atoms with Crippen LogP contribution in [0.1, 0.15) is 5.56 Å². The number of nitrogens with one attached hydrogen (secondary N) is 2. The molecule has 2 N–H and O–H groups in total. The van der Waals surface area contributed by atoms with Gasteiger partial charge in [0, 0.05) is 12.2 Å². The standard InChI is InChI=1S/C11H13FN2S/c1-3-6-13-11(15)14-9-5-4-8(2)10(12)7-9/h3-5,7H,1,6H2,2H3,(H2,13,14,15). The van der Waals surface area contributed by atoms with Crippen LogP contribution in [0.15, 0.2) is 30.9 Å². The van der Waals surface area contributed by atoms with Crippen molar-refractivity contribution >= 4 is 23.0 Å². The second kappa shape index (κ2) is 5.46. The summed E-state index contributed by atoms with van der Waals surface area (Å²) < 4.78 is 13.2. The molecule has 0 unspecified atom stereocenters. The van der Waals surface area contributed by atoms with E-state index in [1.54, 1.807) is 25.1 Å². The fourth-order valence-corrected chi connectivity index (χ4v) is 1.21. The molecule has 80 valence electrons. The number of anilines is 1. The maximum atomic E-state index is 13.2. The lowest BCUT2D eigenvalue weighted by atomic mass is 10.2. The highest BCUT2D eigenvalue weighted by molar-refractivity contribution is 7.80. The highest BCUT2D eigenvalue weighted by Crippen LogP contribution is 2.13. The van der Waals surface area contributed by atoms with Crippen LogP contribution < -0.4 is 10.6 Å². The molecule has 15 heavy (non-hydrogen) atoms. The Morgan fingerprint density at radius 2 is 2.33 bits per heavy atom. The van der Waals surface area contributed by atoms with Crippen molar-refractivity contribution in [2.45, 2.75) is 6.92 Å². The lowest BCUT2D eigenvalue weighted by Crippen LogP contribution is -2.28. The summed E-state index contributed by atoms with van der Waals surface area (Å²) >= 11 is 4.99. The molecule has 0 fully saturated rings. The molecule has 0 aromatic heterocycles. The van der Waals surface area contributed by atoms with Gasteiger partial charge in [-0.2, -0.15) is 0 Å². The topological polar surface area (TPSA) is 24.1 Å². The van der Waals surface area contributed by atoms with E-state index in [0.717, 1.165) is 0 Å². The van der Waals surface area contributed by atoms with Gasteiger partial charge in [-0.3, -0.25) is 0 Å². The van der Waals surface area contributed by atoms with Gasteiger partial charge in [0.25, 0.3) is 0 Å². The Labute approximate surface area is 94.2 Å². The third kappa shape index (κ3) is 3.67. The lowest BCUT2D eigenvalue weighted by Gasteiger charge is -2.09. The Bertz CT molecular complexity index is 377. The van der Waals surface area contributed by atoms with Gasteiger partial charge < -0.3 is 10.6 Å². The molecule has 0 heterocycles. The zero-order valence-electron chi connectivity index (χ0n) is 8.51. The molecule has 0 aliphatic rings. The first-order chi connectivity index (χ1) is 7.13. The van der Waals surface area contributed by atoms with Crippen LogP contribution in [0, 0.1) is 12.7 Å². The third-order valence-electron chi connectivity index (χ3n) is 1.84. The van der Waals surface area contributed by atoms with Gasteiger partial charge in [-0.25, -0.2) is 4.39 Å². The minimum absolute atomic E-state index is 0.244. The second-order valence-electron chi connectivity index (χ2n) is 3.09. The molecule has 0 spiro atoms. The fourth-order valence-electron chi connectivity index (χ4n) is 1.01. The molecule has 0 saturated carbocycles. The predicted molar refractivity (Wildman–Crippen MR) is 65.6 cm³/mol. The summed E-state index contributed by atoms with van der Waals surface area (Å²) in [4.78, 5) is 0. The molecule has 0 amide bonds. The number of hydrogen-bond donors (Lipinski definition) is 2. The smallest absolute Gasteiger partial charge is 0.171 e. The van der Waals surface area contributed by atoms with E-state index < -0.39 is 0 Å². The minimum Gasteiger partial charge on any atom is -0.359 e. The molecule has 0 aliphatic carbocycles. The molecular weight excluding hydrogens is 211 g/mol.